The average Bonchev–Trinajstić information content (AvgIpc) is 3.33. The maximum Gasteiger partial charge on any atom is 0.333 e. The summed E-state index contributed by atoms with van der Waals surface area (Å²) in [7, 11) is -8.27. The second-order valence-electron chi connectivity index (χ2n) is 9.41. The third kappa shape index (κ3) is 6.82. The van der Waals surface area contributed by atoms with Gasteiger partial charge in [-0.15, -0.1) is 4.40 Å². The minimum absolute atomic E-state index is 0.00102. The number of hydrazone groups is 1. The van der Waals surface area contributed by atoms with Crippen LogP contribution in [-0.2, 0) is 24.5 Å². The lowest BCUT2D eigenvalue weighted by molar-refractivity contribution is 0.0983. The molecule has 210 valence electrons. The van der Waals surface area contributed by atoms with Crippen molar-refractivity contribution in [2.24, 2.45) is 14.6 Å². The Hall–Kier alpha value is -3.00. The first-order chi connectivity index (χ1) is 19.0. The summed E-state index contributed by atoms with van der Waals surface area (Å²) >= 11 is 12.1. The second kappa shape index (κ2) is 11.5. The molecule has 1 aliphatic heterocycles. The number of hydrogen-bond acceptors (Lipinski definition) is 6. The molecule has 0 unspecified atom stereocenters. The molecule has 3 aromatic carbocycles. The van der Waals surface area contributed by atoms with Crippen molar-refractivity contribution in [3.63, 3.8) is 0 Å². The normalized spacial score (nSPS) is 21.6. The zero-order valence-electron chi connectivity index (χ0n) is 20.9. The molecule has 3 aromatic rings. The number of rotatable bonds is 7. The topological polar surface area (TPSA) is 144 Å². The van der Waals surface area contributed by atoms with Gasteiger partial charge in [0.1, 0.15) is 0 Å². The summed E-state index contributed by atoms with van der Waals surface area (Å²) in [6.07, 6.45) is -0.0641. The molecule has 1 aliphatic carbocycles. The predicted octanol–water partition coefficient (Wildman–Crippen LogP) is 3.88. The Morgan fingerprint density at radius 3 is 2.12 bits per heavy atom. The van der Waals surface area contributed by atoms with Crippen LogP contribution < -0.4 is 10.5 Å². The number of nitrogens with zero attached hydrogens (tertiary/aromatic N) is 3. The van der Waals surface area contributed by atoms with Crippen LogP contribution in [0.2, 0.25) is 10.0 Å². The van der Waals surface area contributed by atoms with Crippen molar-refractivity contribution in [1.82, 2.24) is 10.3 Å². The lowest BCUT2D eigenvalue weighted by Gasteiger charge is -2.36. The van der Waals surface area contributed by atoms with Gasteiger partial charge in [0.05, 0.1) is 23.3 Å². The molecule has 0 saturated heterocycles. The van der Waals surface area contributed by atoms with Crippen molar-refractivity contribution in [2.45, 2.75) is 35.8 Å². The maximum absolute atomic E-state index is 13.3. The van der Waals surface area contributed by atoms with Gasteiger partial charge in [0, 0.05) is 22.0 Å². The Morgan fingerprint density at radius 2 is 1.52 bits per heavy atom. The smallest absolute Gasteiger partial charge is 0.333 e. The van der Waals surface area contributed by atoms with Gasteiger partial charge in [-0.3, -0.25) is 4.18 Å². The molecule has 1 heterocycles. The fourth-order valence-corrected chi connectivity index (χ4v) is 6.27. The van der Waals surface area contributed by atoms with Crippen molar-refractivity contribution in [2.75, 3.05) is 6.54 Å². The van der Waals surface area contributed by atoms with Gasteiger partial charge in [-0.2, -0.15) is 21.9 Å². The quantitative estimate of drug-likeness (QED) is 0.301. The highest BCUT2D eigenvalue weighted by Crippen LogP contribution is 2.31. The summed E-state index contributed by atoms with van der Waals surface area (Å²) in [4.78, 5) is -0.0408. The van der Waals surface area contributed by atoms with E-state index in [0.29, 0.717) is 22.3 Å². The van der Waals surface area contributed by atoms with E-state index >= 15 is 0 Å². The van der Waals surface area contributed by atoms with Gasteiger partial charge >= 0.3 is 10.3 Å². The number of sulfonamides is 1. The van der Waals surface area contributed by atoms with E-state index < -0.39 is 26.4 Å². The lowest BCUT2D eigenvalue weighted by atomic mass is 9.89. The molecular formula is C26H25Cl2N5O5S2. The van der Waals surface area contributed by atoms with E-state index in [1.165, 1.54) is 29.3 Å². The molecule has 10 nitrogen and oxygen atoms in total. The van der Waals surface area contributed by atoms with Gasteiger partial charge in [0.15, 0.2) is 0 Å². The van der Waals surface area contributed by atoms with Crippen LogP contribution in [0.5, 0.6) is 0 Å². The van der Waals surface area contributed by atoms with Crippen molar-refractivity contribution in [3.05, 3.63) is 100 Å². The molecule has 0 bridgehead atoms. The molecule has 5 rings (SSSR count). The van der Waals surface area contributed by atoms with Crippen LogP contribution in [0.15, 0.2) is 93.3 Å². The molecule has 14 heteroatoms. The Bertz CT molecular complexity index is 1640. The van der Waals surface area contributed by atoms with Gasteiger partial charge < -0.3 is 5.32 Å². The third-order valence-corrected chi connectivity index (χ3v) is 8.84. The standard InChI is InChI=1S/C26H25Cl2N5O5S2/c27-19-8-6-18(7-9-19)25-24(17-4-2-1-3-5-17)16-33(31-25)26(30-21-14-22(15-21)38-40(29,36)37)32-39(34,35)23-12-10-20(28)11-13-23/h1-13,21-22,24H,14-16H2,(H,30,32)(H2,29,36,37)/t21-,22+,24-/m1/s1. The molecule has 1 fully saturated rings. The zero-order valence-corrected chi connectivity index (χ0v) is 24.0. The number of benzene rings is 3. The van der Waals surface area contributed by atoms with Crippen LogP contribution in [0.3, 0.4) is 0 Å². The highest BCUT2D eigenvalue weighted by molar-refractivity contribution is 7.90. The summed E-state index contributed by atoms with van der Waals surface area (Å²) in [5, 5.41) is 15.4. The summed E-state index contributed by atoms with van der Waals surface area (Å²) in [6, 6.07) is 22.3. The number of nitrogens with two attached hydrogens (primary N) is 1. The number of guanidine groups is 1. The van der Waals surface area contributed by atoms with Crippen LogP contribution in [0.1, 0.15) is 29.9 Å². The van der Waals surface area contributed by atoms with Crippen LogP contribution in [0.4, 0.5) is 0 Å². The summed E-state index contributed by atoms with van der Waals surface area (Å²) in [6.45, 7) is 0.299. The van der Waals surface area contributed by atoms with Gasteiger partial charge in [0.2, 0.25) is 5.96 Å². The van der Waals surface area contributed by atoms with Gasteiger partial charge in [0.25, 0.3) is 10.0 Å². The van der Waals surface area contributed by atoms with Crippen LogP contribution in [0.25, 0.3) is 0 Å². The van der Waals surface area contributed by atoms with Crippen molar-refractivity contribution in [1.29, 1.82) is 0 Å². The molecule has 0 aromatic heterocycles. The number of halogens is 2. The van der Waals surface area contributed by atoms with E-state index in [0.717, 1.165) is 11.1 Å². The van der Waals surface area contributed by atoms with Crippen molar-refractivity contribution in [3.8, 4) is 0 Å². The summed E-state index contributed by atoms with van der Waals surface area (Å²) in [5.41, 5.74) is 2.53. The predicted molar refractivity (Wildman–Crippen MR) is 154 cm³/mol. The monoisotopic (exact) mass is 621 g/mol. The van der Waals surface area contributed by atoms with E-state index in [4.69, 9.17) is 37.6 Å². The van der Waals surface area contributed by atoms with Crippen molar-refractivity contribution >= 4 is 55.2 Å². The molecule has 2 aliphatic rings. The van der Waals surface area contributed by atoms with E-state index in [1.54, 1.807) is 12.1 Å². The first-order valence-electron chi connectivity index (χ1n) is 12.2. The van der Waals surface area contributed by atoms with Crippen molar-refractivity contribution < 1.29 is 21.0 Å². The SMILES string of the molecule is NS(=O)(=O)O[C@H]1C[C@@H](N/C(=N\S(=O)(=O)c2ccc(Cl)cc2)N2C[C@H](c3ccccc3)C(c3ccc(Cl)cc3)=N2)C1. The maximum atomic E-state index is 13.3. The van der Waals surface area contributed by atoms with Gasteiger partial charge in [-0.1, -0.05) is 65.7 Å². The Balaban J connectivity index is 1.51. The van der Waals surface area contributed by atoms with Gasteiger partial charge in [-0.05, 0) is 60.4 Å². The molecule has 1 atom stereocenters. The second-order valence-corrected chi connectivity index (χ2v) is 13.1. The fraction of sp³-hybridized carbons (Fsp3) is 0.231. The molecule has 1 saturated carbocycles. The van der Waals surface area contributed by atoms with E-state index in [2.05, 4.69) is 9.71 Å². The third-order valence-electron chi connectivity index (χ3n) is 6.52. The van der Waals surface area contributed by atoms with E-state index in [-0.39, 0.29) is 35.7 Å². The van der Waals surface area contributed by atoms with Crippen LogP contribution >= 0.6 is 23.2 Å². The first kappa shape index (κ1) is 28.5. The Morgan fingerprint density at radius 1 is 0.925 bits per heavy atom. The Kier molecular flexibility index (Phi) is 8.18. The minimum Gasteiger partial charge on any atom is -0.351 e. The number of hydrogen-bond donors (Lipinski definition) is 2. The van der Waals surface area contributed by atoms with E-state index in [1.807, 2.05) is 42.5 Å². The fourth-order valence-electron chi connectivity index (χ4n) is 4.52. The average molecular weight is 623 g/mol. The van der Waals surface area contributed by atoms with Crippen LogP contribution in [-0.4, -0.2) is 52.2 Å². The number of nitrogens with one attached hydrogen (secondary N) is 1. The zero-order chi connectivity index (χ0) is 28.5. The molecule has 0 radical (unpaired) electrons. The molecule has 3 N–H and O–H groups in total. The Labute approximate surface area is 242 Å². The molecule has 0 spiro atoms. The van der Waals surface area contributed by atoms with Gasteiger partial charge in [-0.25, -0.2) is 10.1 Å². The first-order valence-corrected chi connectivity index (χ1v) is 15.9. The largest absolute Gasteiger partial charge is 0.351 e. The van der Waals surface area contributed by atoms with Crippen LogP contribution in [0, 0.1) is 0 Å². The highest BCUT2D eigenvalue weighted by Gasteiger charge is 2.37. The van der Waals surface area contributed by atoms with E-state index in [9.17, 15) is 16.8 Å². The minimum atomic E-state index is -4.16. The highest BCUT2D eigenvalue weighted by atomic mass is 35.5. The summed E-state index contributed by atoms with van der Waals surface area (Å²) in [5.74, 6) is -0.202. The molecule has 40 heavy (non-hydrogen) atoms. The molecular weight excluding hydrogens is 597 g/mol. The molecule has 0 amide bonds. The summed E-state index contributed by atoms with van der Waals surface area (Å²) < 4.78 is 58.2. The lowest BCUT2D eigenvalue weighted by Crippen LogP contribution is -2.52.